The van der Waals surface area contributed by atoms with E-state index in [1.165, 1.54) is 12.1 Å². The van der Waals surface area contributed by atoms with E-state index in [1.807, 2.05) is 19.1 Å². The van der Waals surface area contributed by atoms with E-state index in [1.54, 1.807) is 6.08 Å². The highest BCUT2D eigenvalue weighted by Gasteiger charge is 2.25. The quantitative estimate of drug-likeness (QED) is 0.861. The van der Waals surface area contributed by atoms with E-state index in [0.717, 1.165) is 5.57 Å². The lowest BCUT2D eigenvalue weighted by molar-refractivity contribution is 0.216. The van der Waals surface area contributed by atoms with Gasteiger partial charge in [0.25, 0.3) is 0 Å². The molecule has 1 aromatic rings. The second-order valence-corrected chi connectivity index (χ2v) is 5.95. The highest BCUT2D eigenvalue weighted by Crippen LogP contribution is 2.44. The first kappa shape index (κ1) is 14.2. The van der Waals surface area contributed by atoms with Crippen LogP contribution in [-0.4, -0.2) is 6.10 Å². The average Bonchev–Trinajstić information content (AvgIpc) is 2.35. The number of allylic oxidation sites excluding steroid dienone is 2. The molecule has 2 N–H and O–H groups in total. The molecule has 0 radical (unpaired) electrons. The molecule has 6 heteroatoms. The first-order valence-corrected chi connectivity index (χ1v) is 7.65. The Balaban J connectivity index is 2.02. The summed E-state index contributed by atoms with van der Waals surface area (Å²) in [5, 5.41) is 0.159. The van der Waals surface area contributed by atoms with Crippen LogP contribution in [0.25, 0.3) is 0 Å². The van der Waals surface area contributed by atoms with Gasteiger partial charge in [-0.1, -0.05) is 41.5 Å². The molecule has 19 heavy (non-hydrogen) atoms. The Morgan fingerprint density at radius 2 is 2.37 bits per heavy atom. The zero-order valence-corrected chi connectivity index (χ0v) is 11.9. The number of hydrogen-bond acceptors (Lipinski definition) is 3. The molecule has 0 spiro atoms. The van der Waals surface area contributed by atoms with Crippen LogP contribution < -0.4 is 10.0 Å². The zero-order valence-electron chi connectivity index (χ0n) is 10.3. The Hall–Kier alpha value is -1.24. The van der Waals surface area contributed by atoms with Gasteiger partial charge in [-0.15, -0.1) is 0 Å². The molecule has 0 heterocycles. The van der Waals surface area contributed by atoms with E-state index in [9.17, 15) is 4.57 Å². The summed E-state index contributed by atoms with van der Waals surface area (Å²) < 4.78 is 22.5. The van der Waals surface area contributed by atoms with Gasteiger partial charge in [0.1, 0.15) is 5.02 Å². The smallest absolute Gasteiger partial charge is 0.411 e. The highest BCUT2D eigenvalue weighted by molar-refractivity contribution is 7.51. The van der Waals surface area contributed by atoms with Gasteiger partial charge in [0.05, 0.1) is 6.10 Å². The molecule has 0 fully saturated rings. The summed E-state index contributed by atoms with van der Waals surface area (Å²) in [6.07, 6.45) is 5.90. The Kier molecular flexibility index (Phi) is 4.34. The van der Waals surface area contributed by atoms with E-state index < -0.39 is 7.75 Å². The Bertz CT molecular complexity index is 571. The molecule has 0 amide bonds. The Labute approximate surface area is 117 Å². The van der Waals surface area contributed by atoms with Gasteiger partial charge in [0.2, 0.25) is 0 Å². The van der Waals surface area contributed by atoms with Crippen LogP contribution in [0.15, 0.2) is 35.9 Å². The second-order valence-electron chi connectivity index (χ2n) is 4.10. The predicted molar refractivity (Wildman–Crippen MR) is 73.9 cm³/mol. The number of halogens is 1. The van der Waals surface area contributed by atoms with Crippen molar-refractivity contribution in [2.75, 3.05) is 0 Å². The third-order valence-electron chi connectivity index (χ3n) is 2.47. The maximum Gasteiger partial charge on any atom is 0.456 e. The molecule has 0 aliphatic heterocycles. The van der Waals surface area contributed by atoms with Crippen LogP contribution in [0.5, 0.6) is 5.75 Å². The van der Waals surface area contributed by atoms with Crippen LogP contribution in [0.2, 0.25) is 5.02 Å². The van der Waals surface area contributed by atoms with E-state index in [4.69, 9.17) is 26.2 Å². The highest BCUT2D eigenvalue weighted by atomic mass is 35.5. The van der Waals surface area contributed by atoms with E-state index in [0.29, 0.717) is 6.42 Å². The molecule has 1 aromatic carbocycles. The van der Waals surface area contributed by atoms with Crippen LogP contribution in [0.4, 0.5) is 0 Å². The summed E-state index contributed by atoms with van der Waals surface area (Å²) in [7, 11) is -3.73. The summed E-state index contributed by atoms with van der Waals surface area (Å²) in [5.74, 6) is 0.165. The predicted octanol–water partition coefficient (Wildman–Crippen LogP) is 3.68. The van der Waals surface area contributed by atoms with Gasteiger partial charge in [-0.05, 0) is 31.5 Å². The topological polar surface area (TPSA) is 61.5 Å². The van der Waals surface area contributed by atoms with Crippen LogP contribution in [0, 0.1) is 12.1 Å². The molecule has 0 bridgehead atoms. The minimum absolute atomic E-state index is 0.159. The van der Waals surface area contributed by atoms with E-state index in [2.05, 4.69) is 12.1 Å². The SMILES string of the molecule is CC1=CCC(OP(N)(=O)Oc2ccc#cc2Cl)C=C1. The average molecular weight is 298 g/mol. The monoisotopic (exact) mass is 297 g/mol. The van der Waals surface area contributed by atoms with Crippen molar-refractivity contribution in [3.05, 3.63) is 53.1 Å². The summed E-state index contributed by atoms with van der Waals surface area (Å²) in [5.41, 5.74) is 6.69. The third kappa shape index (κ3) is 4.12. The van der Waals surface area contributed by atoms with Gasteiger partial charge < -0.3 is 4.52 Å². The van der Waals surface area contributed by atoms with Gasteiger partial charge in [0, 0.05) is 0 Å². The van der Waals surface area contributed by atoms with E-state index >= 15 is 0 Å². The van der Waals surface area contributed by atoms with Crippen molar-refractivity contribution in [3.8, 4) is 5.75 Å². The molecule has 0 aromatic heterocycles. The number of nitrogens with two attached hydrogens (primary N) is 1. The lowest BCUT2D eigenvalue weighted by atomic mass is 10.1. The van der Waals surface area contributed by atoms with Crippen molar-refractivity contribution in [1.82, 2.24) is 0 Å². The van der Waals surface area contributed by atoms with Crippen molar-refractivity contribution >= 4 is 19.3 Å². The fourth-order valence-electron chi connectivity index (χ4n) is 1.56. The molecular formula is C13H13ClNO3P. The maximum absolute atomic E-state index is 12.1. The van der Waals surface area contributed by atoms with Gasteiger partial charge in [-0.3, -0.25) is 4.52 Å². The number of rotatable bonds is 4. The van der Waals surface area contributed by atoms with Gasteiger partial charge in [0.15, 0.2) is 5.75 Å². The van der Waals surface area contributed by atoms with Gasteiger partial charge in [-0.25, -0.2) is 10.1 Å². The van der Waals surface area contributed by atoms with Crippen molar-refractivity contribution < 1.29 is 13.6 Å². The first-order valence-electron chi connectivity index (χ1n) is 5.66. The van der Waals surface area contributed by atoms with Crippen molar-refractivity contribution in [3.63, 3.8) is 0 Å². The minimum Gasteiger partial charge on any atom is -0.411 e. The van der Waals surface area contributed by atoms with Crippen molar-refractivity contribution in [2.45, 2.75) is 19.4 Å². The van der Waals surface area contributed by atoms with Crippen LogP contribution in [0.3, 0.4) is 0 Å². The summed E-state index contributed by atoms with van der Waals surface area (Å²) >= 11 is 5.82. The van der Waals surface area contributed by atoms with Crippen LogP contribution in [0.1, 0.15) is 13.3 Å². The standard InChI is InChI=1S/C13H13ClNO3P/c1-10-6-8-11(9-7-10)17-19(15,16)18-13-5-3-2-4-12(13)14/h3,5-8,11H,9H2,1H3,(H2,15,16). The third-order valence-corrected chi connectivity index (χ3v) is 3.77. The van der Waals surface area contributed by atoms with Gasteiger partial charge >= 0.3 is 7.75 Å². The molecule has 4 nitrogen and oxygen atoms in total. The van der Waals surface area contributed by atoms with Crippen LogP contribution in [-0.2, 0) is 9.09 Å². The van der Waals surface area contributed by atoms with Gasteiger partial charge in [-0.2, -0.15) is 0 Å². The molecule has 0 saturated carbocycles. The lowest BCUT2D eigenvalue weighted by Gasteiger charge is -2.20. The molecule has 0 saturated heterocycles. The second kappa shape index (κ2) is 5.81. The molecule has 1 aliphatic carbocycles. The van der Waals surface area contributed by atoms with Crippen molar-refractivity contribution in [1.29, 1.82) is 0 Å². The summed E-state index contributed by atoms with van der Waals surface area (Å²) in [6, 6.07) is 8.28. The lowest BCUT2D eigenvalue weighted by Crippen LogP contribution is -2.16. The zero-order chi connectivity index (χ0) is 13.9. The molecule has 2 atom stereocenters. The van der Waals surface area contributed by atoms with Crippen LogP contribution >= 0.6 is 19.3 Å². The fraction of sp³-hybridized carbons (Fsp3) is 0.231. The first-order chi connectivity index (χ1) is 8.96. The minimum atomic E-state index is -3.73. The summed E-state index contributed by atoms with van der Waals surface area (Å²) in [6.45, 7) is 1.97. The molecule has 2 unspecified atom stereocenters. The van der Waals surface area contributed by atoms with Crippen molar-refractivity contribution in [2.24, 2.45) is 5.50 Å². The Morgan fingerprint density at radius 1 is 1.58 bits per heavy atom. The molecule has 100 valence electrons. The molecule has 2 rings (SSSR count). The number of hydrogen-bond donors (Lipinski definition) is 1. The fourth-order valence-corrected chi connectivity index (χ4v) is 2.77. The molecular weight excluding hydrogens is 285 g/mol. The van der Waals surface area contributed by atoms with E-state index in [-0.39, 0.29) is 16.9 Å². The normalized spacial score (nSPS) is 21.2. The maximum atomic E-state index is 12.1. The summed E-state index contributed by atoms with van der Waals surface area (Å²) in [4.78, 5) is 0. The largest absolute Gasteiger partial charge is 0.456 e. The Morgan fingerprint density at radius 3 is 3.00 bits per heavy atom. The molecule has 1 aliphatic rings.